The molecule has 6 nitrogen and oxygen atoms in total. The van der Waals surface area contributed by atoms with Gasteiger partial charge in [0.25, 0.3) is 5.91 Å². The molecule has 1 aliphatic heterocycles. The van der Waals surface area contributed by atoms with E-state index in [1.165, 1.54) is 0 Å². The minimum atomic E-state index is 0.0519. The summed E-state index contributed by atoms with van der Waals surface area (Å²) in [4.78, 5) is 24.4. The summed E-state index contributed by atoms with van der Waals surface area (Å²) >= 11 is 1.69. The van der Waals surface area contributed by atoms with Crippen LogP contribution in [0.4, 0.5) is 5.95 Å². The van der Waals surface area contributed by atoms with E-state index in [0.717, 1.165) is 29.4 Å². The minimum absolute atomic E-state index is 0.0519. The summed E-state index contributed by atoms with van der Waals surface area (Å²) in [6, 6.07) is 3.61. The predicted octanol–water partition coefficient (Wildman–Crippen LogP) is 2.46. The molecule has 23 heavy (non-hydrogen) atoms. The maximum atomic E-state index is 12.5. The van der Waals surface area contributed by atoms with Crippen LogP contribution in [0.15, 0.2) is 36.1 Å². The lowest BCUT2D eigenvalue weighted by molar-refractivity contribution is 0.0790. The van der Waals surface area contributed by atoms with Crippen molar-refractivity contribution < 1.29 is 4.79 Å². The summed E-state index contributed by atoms with van der Waals surface area (Å²) in [7, 11) is 1.88. The Morgan fingerprint density at radius 1 is 1.48 bits per heavy atom. The molecular weight excluding hydrogens is 310 g/mol. The Hall–Kier alpha value is -2.41. The molecule has 1 saturated heterocycles. The highest BCUT2D eigenvalue weighted by Gasteiger charge is 2.31. The molecule has 1 aliphatic rings. The van der Waals surface area contributed by atoms with Gasteiger partial charge in [-0.05, 0) is 18.6 Å². The average Bonchev–Trinajstić information content (AvgIpc) is 3.30. The van der Waals surface area contributed by atoms with E-state index in [1.807, 2.05) is 24.2 Å². The molecule has 0 unspecified atom stereocenters. The summed E-state index contributed by atoms with van der Waals surface area (Å²) < 4.78 is 2.07. The summed E-state index contributed by atoms with van der Waals surface area (Å²) in [5, 5.41) is 5.19. The predicted molar refractivity (Wildman–Crippen MR) is 90.1 cm³/mol. The van der Waals surface area contributed by atoms with Gasteiger partial charge in [0.1, 0.15) is 4.83 Å². The fourth-order valence-electron chi connectivity index (χ4n) is 3.13. The molecule has 0 bridgehead atoms. The number of aromatic nitrogens is 3. The first-order chi connectivity index (χ1) is 11.3. The Bertz CT molecular complexity index is 841. The van der Waals surface area contributed by atoms with Crippen LogP contribution in [-0.2, 0) is 0 Å². The number of pyridine rings is 1. The second-order valence-electron chi connectivity index (χ2n) is 5.63. The lowest BCUT2D eigenvalue weighted by Gasteiger charge is -2.15. The van der Waals surface area contributed by atoms with Crippen molar-refractivity contribution in [1.29, 1.82) is 0 Å². The van der Waals surface area contributed by atoms with Crippen molar-refractivity contribution >= 4 is 28.0 Å². The Labute approximate surface area is 137 Å². The number of likely N-dealkylation sites (tertiary alicyclic amines) is 1. The maximum Gasteiger partial charge on any atom is 0.255 e. The lowest BCUT2D eigenvalue weighted by Crippen LogP contribution is -2.28. The second kappa shape index (κ2) is 5.66. The van der Waals surface area contributed by atoms with Crippen molar-refractivity contribution in [2.45, 2.75) is 12.3 Å². The zero-order valence-electron chi connectivity index (χ0n) is 12.8. The normalized spacial score (nSPS) is 17.8. The highest BCUT2D eigenvalue weighted by Crippen LogP contribution is 2.33. The van der Waals surface area contributed by atoms with E-state index in [2.05, 4.69) is 20.1 Å². The first kappa shape index (κ1) is 14.2. The van der Waals surface area contributed by atoms with E-state index >= 15 is 0 Å². The smallest absolute Gasteiger partial charge is 0.255 e. The van der Waals surface area contributed by atoms with Gasteiger partial charge in [-0.25, -0.2) is 4.98 Å². The van der Waals surface area contributed by atoms with Crippen LogP contribution in [0.25, 0.3) is 4.83 Å². The van der Waals surface area contributed by atoms with Crippen LogP contribution in [0, 0.1) is 0 Å². The molecule has 7 heteroatoms. The molecule has 0 radical (unpaired) electrons. The topological polar surface area (TPSA) is 62.5 Å². The third-order valence-electron chi connectivity index (χ3n) is 4.28. The second-order valence-corrected chi connectivity index (χ2v) is 6.52. The zero-order chi connectivity index (χ0) is 15.8. The van der Waals surface area contributed by atoms with Crippen molar-refractivity contribution in [1.82, 2.24) is 19.3 Å². The summed E-state index contributed by atoms with van der Waals surface area (Å²) in [6.07, 6.45) is 6.28. The zero-order valence-corrected chi connectivity index (χ0v) is 13.6. The number of imidazole rings is 1. The average molecular weight is 327 g/mol. The van der Waals surface area contributed by atoms with Crippen LogP contribution in [-0.4, -0.2) is 45.3 Å². The van der Waals surface area contributed by atoms with Gasteiger partial charge in [0, 0.05) is 50.0 Å². The largest absolute Gasteiger partial charge is 0.358 e. The van der Waals surface area contributed by atoms with Crippen LogP contribution in [0.1, 0.15) is 28.4 Å². The molecule has 0 saturated carbocycles. The molecule has 1 fully saturated rings. The van der Waals surface area contributed by atoms with Crippen molar-refractivity contribution in [2.24, 2.45) is 0 Å². The van der Waals surface area contributed by atoms with E-state index < -0.39 is 0 Å². The maximum absolute atomic E-state index is 12.5. The summed E-state index contributed by atoms with van der Waals surface area (Å²) in [6.45, 7) is 1.47. The quantitative estimate of drug-likeness (QED) is 0.803. The summed E-state index contributed by atoms with van der Waals surface area (Å²) in [5.74, 6) is 1.19. The van der Waals surface area contributed by atoms with Crippen molar-refractivity contribution in [3.05, 3.63) is 47.4 Å². The van der Waals surface area contributed by atoms with E-state index in [9.17, 15) is 4.79 Å². The number of nitrogens with one attached hydrogen (secondary N) is 1. The molecule has 0 aromatic carbocycles. The van der Waals surface area contributed by atoms with Crippen molar-refractivity contribution in [2.75, 3.05) is 25.5 Å². The van der Waals surface area contributed by atoms with Crippen molar-refractivity contribution in [3.8, 4) is 0 Å². The number of hydrogen-bond donors (Lipinski definition) is 1. The number of nitrogens with zero attached hydrogens (tertiary/aromatic N) is 4. The highest BCUT2D eigenvalue weighted by atomic mass is 32.1. The molecule has 1 N–H and O–H groups in total. The van der Waals surface area contributed by atoms with Gasteiger partial charge < -0.3 is 10.2 Å². The molecular formula is C16H17N5OS. The molecule has 0 spiro atoms. The van der Waals surface area contributed by atoms with E-state index in [0.29, 0.717) is 12.1 Å². The van der Waals surface area contributed by atoms with Crippen LogP contribution in [0.5, 0.6) is 0 Å². The van der Waals surface area contributed by atoms with E-state index in [4.69, 9.17) is 4.98 Å². The Morgan fingerprint density at radius 2 is 2.39 bits per heavy atom. The number of anilines is 1. The fourth-order valence-corrected chi connectivity index (χ4v) is 4.03. The van der Waals surface area contributed by atoms with Crippen LogP contribution in [0.3, 0.4) is 0 Å². The van der Waals surface area contributed by atoms with Gasteiger partial charge in [0.05, 0.1) is 11.3 Å². The van der Waals surface area contributed by atoms with Gasteiger partial charge >= 0.3 is 0 Å². The standard InChI is InChI=1S/C16H17N5OS/c1-17-16-19-13(15-21(16)7-8-23-15)12-4-6-20(10-12)14(22)11-3-2-5-18-9-11/h2-3,5,7-9,12H,4,6,10H2,1H3,(H,17,19)/t12-/m0/s1. The van der Waals surface area contributed by atoms with Gasteiger partial charge in [-0.2, -0.15) is 0 Å². The number of thiazole rings is 1. The van der Waals surface area contributed by atoms with Crippen LogP contribution in [0.2, 0.25) is 0 Å². The lowest BCUT2D eigenvalue weighted by atomic mass is 10.1. The number of rotatable bonds is 3. The van der Waals surface area contributed by atoms with Gasteiger partial charge in [-0.3, -0.25) is 14.2 Å². The number of hydrogen-bond acceptors (Lipinski definition) is 5. The molecule has 0 aliphatic carbocycles. The SMILES string of the molecule is CNc1nc([C@H]2CCN(C(=O)c3cccnc3)C2)c2sccn12. The van der Waals surface area contributed by atoms with Crippen LogP contribution >= 0.6 is 11.3 Å². The number of fused-ring (bicyclic) bond motifs is 1. The number of amides is 1. The van der Waals surface area contributed by atoms with Crippen molar-refractivity contribution in [3.63, 3.8) is 0 Å². The fraction of sp³-hybridized carbons (Fsp3) is 0.312. The van der Waals surface area contributed by atoms with Gasteiger partial charge in [-0.1, -0.05) is 0 Å². The Balaban J connectivity index is 1.58. The summed E-state index contributed by atoms with van der Waals surface area (Å²) in [5.41, 5.74) is 1.74. The molecule has 4 heterocycles. The molecule has 118 valence electrons. The third-order valence-corrected chi connectivity index (χ3v) is 5.16. The number of carbonyl (C=O) groups is 1. The molecule has 3 aromatic heterocycles. The van der Waals surface area contributed by atoms with Gasteiger partial charge in [-0.15, -0.1) is 11.3 Å². The Morgan fingerprint density at radius 3 is 3.17 bits per heavy atom. The van der Waals surface area contributed by atoms with E-state index in [-0.39, 0.29) is 11.8 Å². The highest BCUT2D eigenvalue weighted by molar-refractivity contribution is 7.15. The third kappa shape index (κ3) is 2.37. The first-order valence-corrected chi connectivity index (χ1v) is 8.48. The molecule has 1 atom stereocenters. The van der Waals surface area contributed by atoms with Gasteiger partial charge in [0.15, 0.2) is 0 Å². The Kier molecular flexibility index (Phi) is 3.49. The molecule has 3 aromatic rings. The first-order valence-electron chi connectivity index (χ1n) is 7.60. The molecule has 1 amide bonds. The minimum Gasteiger partial charge on any atom is -0.358 e. The van der Waals surface area contributed by atoms with E-state index in [1.54, 1.807) is 29.8 Å². The number of carbonyl (C=O) groups excluding carboxylic acids is 1. The molecule has 4 rings (SSSR count). The van der Waals surface area contributed by atoms with Gasteiger partial charge in [0.2, 0.25) is 5.95 Å². The van der Waals surface area contributed by atoms with Crippen LogP contribution < -0.4 is 5.32 Å². The monoisotopic (exact) mass is 327 g/mol.